The van der Waals surface area contributed by atoms with Gasteiger partial charge in [-0.2, -0.15) is 0 Å². The average molecular weight is 286 g/mol. The van der Waals surface area contributed by atoms with Crippen LogP contribution in [0.1, 0.15) is 12.8 Å². The zero-order valence-corrected chi connectivity index (χ0v) is 12.4. The number of piperazine rings is 1. The van der Waals surface area contributed by atoms with Gasteiger partial charge in [0, 0.05) is 32.7 Å². The first kappa shape index (κ1) is 13.3. The minimum atomic E-state index is -0.0933. The van der Waals surface area contributed by atoms with Crippen LogP contribution in [0.3, 0.4) is 0 Å². The van der Waals surface area contributed by atoms with Crippen LogP contribution in [0.15, 0.2) is 36.4 Å². The molecule has 1 aromatic carbocycles. The molecule has 0 amide bonds. The minimum Gasteiger partial charge on any atom is -0.367 e. The highest BCUT2D eigenvalue weighted by molar-refractivity contribution is 5.47. The fraction of sp³-hybridized carbons (Fsp3) is 0.556. The fourth-order valence-corrected chi connectivity index (χ4v) is 4.32. The molecule has 21 heavy (non-hydrogen) atoms. The van der Waals surface area contributed by atoms with Crippen LogP contribution in [-0.4, -0.2) is 37.6 Å². The van der Waals surface area contributed by atoms with Crippen LogP contribution in [0.25, 0.3) is 0 Å². The Bertz CT molecular complexity index is 534. The first-order valence-corrected chi connectivity index (χ1v) is 8.20. The minimum absolute atomic E-state index is 0.0933. The summed E-state index contributed by atoms with van der Waals surface area (Å²) in [5.41, 5.74) is 0.764. The van der Waals surface area contributed by atoms with Crippen molar-refractivity contribution in [2.24, 2.45) is 17.8 Å². The number of halogens is 1. The van der Waals surface area contributed by atoms with Gasteiger partial charge < -0.3 is 4.90 Å². The molecule has 2 fully saturated rings. The lowest BCUT2D eigenvalue weighted by molar-refractivity contribution is 0.204. The van der Waals surface area contributed by atoms with E-state index in [2.05, 4.69) is 22.0 Å². The smallest absolute Gasteiger partial charge is 0.146 e. The van der Waals surface area contributed by atoms with Gasteiger partial charge in [0.1, 0.15) is 5.82 Å². The van der Waals surface area contributed by atoms with Crippen molar-refractivity contribution in [3.05, 3.63) is 42.2 Å². The maximum atomic E-state index is 13.8. The van der Waals surface area contributed by atoms with Crippen molar-refractivity contribution in [1.29, 1.82) is 0 Å². The summed E-state index contributed by atoms with van der Waals surface area (Å²) in [5, 5.41) is 0. The van der Waals surface area contributed by atoms with E-state index in [4.69, 9.17) is 0 Å². The molecule has 0 radical (unpaired) electrons. The van der Waals surface area contributed by atoms with Crippen LogP contribution in [0.4, 0.5) is 10.1 Å². The zero-order valence-electron chi connectivity index (χ0n) is 12.4. The number of hydrogen-bond acceptors (Lipinski definition) is 2. The Morgan fingerprint density at radius 2 is 1.81 bits per heavy atom. The summed E-state index contributed by atoms with van der Waals surface area (Å²) < 4.78 is 13.8. The van der Waals surface area contributed by atoms with E-state index in [0.29, 0.717) is 0 Å². The van der Waals surface area contributed by atoms with Crippen molar-refractivity contribution in [1.82, 2.24) is 4.90 Å². The second kappa shape index (κ2) is 5.45. The van der Waals surface area contributed by atoms with Crippen LogP contribution >= 0.6 is 0 Å². The van der Waals surface area contributed by atoms with E-state index < -0.39 is 0 Å². The van der Waals surface area contributed by atoms with E-state index in [0.717, 1.165) is 49.6 Å². The highest BCUT2D eigenvalue weighted by Crippen LogP contribution is 2.43. The lowest BCUT2D eigenvalue weighted by Gasteiger charge is -2.38. The number of hydrogen-bond donors (Lipinski definition) is 0. The number of benzene rings is 1. The summed E-state index contributed by atoms with van der Waals surface area (Å²) in [6.07, 6.45) is 7.63. The number of nitrogens with zero attached hydrogens (tertiary/aromatic N) is 2. The topological polar surface area (TPSA) is 6.48 Å². The summed E-state index contributed by atoms with van der Waals surface area (Å²) in [4.78, 5) is 4.77. The number of allylic oxidation sites excluding steroid dienone is 2. The third-order valence-electron chi connectivity index (χ3n) is 5.47. The summed E-state index contributed by atoms with van der Waals surface area (Å²) in [6, 6.07) is 7.14. The normalized spacial score (nSPS) is 32.0. The van der Waals surface area contributed by atoms with Gasteiger partial charge in [-0.05, 0) is 42.7 Å². The molecule has 2 aliphatic carbocycles. The Balaban J connectivity index is 1.33. The quantitative estimate of drug-likeness (QED) is 0.788. The number of rotatable bonds is 3. The molecular weight excluding hydrogens is 263 g/mol. The lowest BCUT2D eigenvalue weighted by Crippen LogP contribution is -2.48. The zero-order chi connectivity index (χ0) is 14.2. The van der Waals surface area contributed by atoms with Crippen molar-refractivity contribution in [2.75, 3.05) is 37.6 Å². The van der Waals surface area contributed by atoms with Gasteiger partial charge in [0.2, 0.25) is 0 Å². The van der Waals surface area contributed by atoms with Gasteiger partial charge in [-0.1, -0.05) is 24.3 Å². The molecule has 3 heteroatoms. The molecule has 2 nitrogen and oxygen atoms in total. The SMILES string of the molecule is Fc1ccccc1N1CCN(C[C@H]2C[C@H]3C=C[C@@H]2C3)CC1. The van der Waals surface area contributed by atoms with E-state index in [1.807, 2.05) is 12.1 Å². The number of para-hydroxylation sites is 1. The summed E-state index contributed by atoms with van der Waals surface area (Å²) in [5.74, 6) is 2.46. The molecule has 0 N–H and O–H groups in total. The molecular formula is C18H23FN2. The molecule has 3 aliphatic rings. The largest absolute Gasteiger partial charge is 0.367 e. The molecule has 0 unspecified atom stereocenters. The Hall–Kier alpha value is -1.35. The molecule has 2 bridgehead atoms. The maximum absolute atomic E-state index is 13.8. The van der Waals surface area contributed by atoms with Gasteiger partial charge in [0.15, 0.2) is 0 Å². The maximum Gasteiger partial charge on any atom is 0.146 e. The van der Waals surface area contributed by atoms with E-state index >= 15 is 0 Å². The van der Waals surface area contributed by atoms with Crippen LogP contribution in [-0.2, 0) is 0 Å². The lowest BCUT2D eigenvalue weighted by atomic mass is 9.93. The Morgan fingerprint density at radius 1 is 1.00 bits per heavy atom. The van der Waals surface area contributed by atoms with Crippen LogP contribution < -0.4 is 4.90 Å². The molecule has 112 valence electrons. The molecule has 0 aromatic heterocycles. The van der Waals surface area contributed by atoms with E-state index in [9.17, 15) is 4.39 Å². The number of fused-ring (bicyclic) bond motifs is 2. The first-order valence-electron chi connectivity index (χ1n) is 8.20. The first-order chi connectivity index (χ1) is 10.3. The van der Waals surface area contributed by atoms with Gasteiger partial charge in [-0.15, -0.1) is 0 Å². The summed E-state index contributed by atoms with van der Waals surface area (Å²) in [6.45, 7) is 5.24. The predicted molar refractivity (Wildman–Crippen MR) is 83.9 cm³/mol. The second-order valence-electron chi connectivity index (χ2n) is 6.78. The standard InChI is InChI=1S/C18H23FN2/c19-17-3-1-2-4-18(17)21-9-7-20(8-10-21)13-16-12-14-5-6-15(16)11-14/h1-6,14-16H,7-13H2/t14-,15+,16+/m0/s1. The van der Waals surface area contributed by atoms with E-state index in [-0.39, 0.29) is 5.82 Å². The van der Waals surface area contributed by atoms with Crippen molar-refractivity contribution in [3.8, 4) is 0 Å². The Morgan fingerprint density at radius 3 is 2.48 bits per heavy atom. The predicted octanol–water partition coefficient (Wildman–Crippen LogP) is 3.16. The van der Waals surface area contributed by atoms with Crippen LogP contribution in [0, 0.1) is 23.6 Å². The molecule has 3 atom stereocenters. The molecule has 1 heterocycles. The van der Waals surface area contributed by atoms with Crippen molar-refractivity contribution >= 4 is 5.69 Å². The van der Waals surface area contributed by atoms with Gasteiger partial charge in [0.05, 0.1) is 5.69 Å². The average Bonchev–Trinajstić information content (AvgIpc) is 3.11. The van der Waals surface area contributed by atoms with Crippen molar-refractivity contribution in [2.45, 2.75) is 12.8 Å². The van der Waals surface area contributed by atoms with Gasteiger partial charge >= 0.3 is 0 Å². The molecule has 1 aromatic rings. The third kappa shape index (κ3) is 2.59. The molecule has 4 rings (SSSR count). The molecule has 1 saturated carbocycles. The van der Waals surface area contributed by atoms with E-state index in [1.165, 1.54) is 19.4 Å². The van der Waals surface area contributed by atoms with Crippen molar-refractivity contribution < 1.29 is 4.39 Å². The van der Waals surface area contributed by atoms with Gasteiger partial charge in [-0.25, -0.2) is 4.39 Å². The van der Waals surface area contributed by atoms with Gasteiger partial charge in [0.25, 0.3) is 0 Å². The molecule has 1 saturated heterocycles. The van der Waals surface area contributed by atoms with Crippen molar-refractivity contribution in [3.63, 3.8) is 0 Å². The highest BCUT2D eigenvalue weighted by atomic mass is 19.1. The number of anilines is 1. The third-order valence-corrected chi connectivity index (χ3v) is 5.47. The van der Waals surface area contributed by atoms with Crippen LogP contribution in [0.2, 0.25) is 0 Å². The second-order valence-corrected chi connectivity index (χ2v) is 6.78. The molecule has 1 aliphatic heterocycles. The summed E-state index contributed by atoms with van der Waals surface area (Å²) in [7, 11) is 0. The molecule has 0 spiro atoms. The van der Waals surface area contributed by atoms with Gasteiger partial charge in [-0.3, -0.25) is 4.90 Å². The monoisotopic (exact) mass is 286 g/mol. The Labute approximate surface area is 126 Å². The fourth-order valence-electron chi connectivity index (χ4n) is 4.32. The Kier molecular flexibility index (Phi) is 3.46. The van der Waals surface area contributed by atoms with Crippen LogP contribution in [0.5, 0.6) is 0 Å². The highest BCUT2D eigenvalue weighted by Gasteiger charge is 2.36. The summed E-state index contributed by atoms with van der Waals surface area (Å²) >= 11 is 0. The van der Waals surface area contributed by atoms with E-state index in [1.54, 1.807) is 12.1 Å².